The standard InChI is InChI=1S/C26H32N4O2/c1-4-29-9-11-30(12-10-29)13-14-32-18-6-8-19-21(16-18)26(2,3)25-23(24(19)31)20-7-5-17(27)15-22(20)28-25/h5-8,15-16,28H,4,9-14,27H2,1-3H3. The molecule has 1 aliphatic carbocycles. The number of nitrogens with two attached hydrogens (primary N) is 1. The maximum Gasteiger partial charge on any atom is 0.195 e. The third-order valence-electron chi connectivity index (χ3n) is 7.17. The lowest BCUT2D eigenvalue weighted by atomic mass is 9.71. The van der Waals surface area contributed by atoms with Gasteiger partial charge in [0.2, 0.25) is 0 Å². The molecule has 6 nitrogen and oxygen atoms in total. The normalized spacial score (nSPS) is 18.5. The lowest BCUT2D eigenvalue weighted by Gasteiger charge is -2.34. The summed E-state index contributed by atoms with van der Waals surface area (Å²) in [6.07, 6.45) is 0. The number of nitrogens with zero attached hydrogens (tertiary/aromatic N) is 2. The molecule has 1 fully saturated rings. The number of hydrogen-bond acceptors (Lipinski definition) is 5. The maximum atomic E-state index is 13.4. The van der Waals surface area contributed by atoms with Crippen molar-refractivity contribution in [2.45, 2.75) is 26.2 Å². The summed E-state index contributed by atoms with van der Waals surface area (Å²) in [7, 11) is 0. The van der Waals surface area contributed by atoms with Crippen LogP contribution in [0.2, 0.25) is 0 Å². The van der Waals surface area contributed by atoms with E-state index in [4.69, 9.17) is 10.5 Å². The Morgan fingerprint density at radius 3 is 2.56 bits per heavy atom. The predicted octanol–water partition coefficient (Wildman–Crippen LogP) is 3.64. The van der Waals surface area contributed by atoms with E-state index in [1.54, 1.807) is 0 Å². The molecule has 0 saturated carbocycles. The van der Waals surface area contributed by atoms with Gasteiger partial charge in [0.25, 0.3) is 0 Å². The quantitative estimate of drug-likeness (QED) is 0.602. The summed E-state index contributed by atoms with van der Waals surface area (Å²) in [6, 6.07) is 11.6. The first kappa shape index (κ1) is 21.0. The zero-order valence-corrected chi connectivity index (χ0v) is 19.2. The number of hydrogen-bond donors (Lipinski definition) is 2. The van der Waals surface area contributed by atoms with Crippen molar-refractivity contribution in [3.8, 4) is 5.75 Å². The molecule has 1 aliphatic heterocycles. The highest BCUT2D eigenvalue weighted by atomic mass is 16.5. The van der Waals surface area contributed by atoms with Gasteiger partial charge in [0, 0.05) is 66.0 Å². The molecule has 0 radical (unpaired) electrons. The van der Waals surface area contributed by atoms with Gasteiger partial charge in [0.1, 0.15) is 12.4 Å². The van der Waals surface area contributed by atoms with E-state index in [-0.39, 0.29) is 11.2 Å². The van der Waals surface area contributed by atoms with Crippen molar-refractivity contribution in [3.05, 3.63) is 58.8 Å². The molecule has 2 aliphatic rings. The molecule has 1 saturated heterocycles. The summed E-state index contributed by atoms with van der Waals surface area (Å²) in [6.45, 7) is 13.7. The molecule has 0 atom stereocenters. The Balaban J connectivity index is 1.37. The van der Waals surface area contributed by atoms with E-state index in [0.29, 0.717) is 12.3 Å². The van der Waals surface area contributed by atoms with Crippen LogP contribution in [0.4, 0.5) is 5.69 Å². The SMILES string of the molecule is CCN1CCN(CCOc2ccc3c(c2)C(C)(C)c2[nH]c4cc(N)ccc4c2C3=O)CC1. The van der Waals surface area contributed by atoms with Crippen LogP contribution in [0, 0.1) is 0 Å². The summed E-state index contributed by atoms with van der Waals surface area (Å²) in [5, 5.41) is 0.932. The number of likely N-dealkylation sites (N-methyl/N-ethyl adjacent to an activating group) is 1. The van der Waals surface area contributed by atoms with Crippen LogP contribution in [0.5, 0.6) is 5.75 Å². The molecule has 0 bridgehead atoms. The first-order valence-electron chi connectivity index (χ1n) is 11.6. The van der Waals surface area contributed by atoms with Crippen LogP contribution in [0.1, 0.15) is 48.0 Å². The maximum absolute atomic E-state index is 13.4. The zero-order chi connectivity index (χ0) is 22.5. The van der Waals surface area contributed by atoms with E-state index in [1.165, 1.54) is 0 Å². The number of carbonyl (C=O) groups excluding carboxylic acids is 1. The smallest absolute Gasteiger partial charge is 0.195 e. The summed E-state index contributed by atoms with van der Waals surface area (Å²) in [4.78, 5) is 21.9. The summed E-state index contributed by atoms with van der Waals surface area (Å²) in [5.74, 6) is 0.881. The number of anilines is 1. The van der Waals surface area contributed by atoms with Crippen molar-refractivity contribution >= 4 is 22.4 Å². The summed E-state index contributed by atoms with van der Waals surface area (Å²) >= 11 is 0. The van der Waals surface area contributed by atoms with Gasteiger partial charge < -0.3 is 20.4 Å². The number of H-pyrrole nitrogens is 1. The number of benzene rings is 2. The van der Waals surface area contributed by atoms with Gasteiger partial charge in [-0.2, -0.15) is 0 Å². The van der Waals surface area contributed by atoms with E-state index in [9.17, 15) is 4.79 Å². The second-order valence-corrected chi connectivity index (χ2v) is 9.47. The van der Waals surface area contributed by atoms with Crippen LogP contribution in [0.25, 0.3) is 10.9 Å². The molecule has 2 aromatic carbocycles. The molecular weight excluding hydrogens is 400 g/mol. The minimum Gasteiger partial charge on any atom is -0.492 e. The Morgan fingerprint density at radius 1 is 1.06 bits per heavy atom. The van der Waals surface area contributed by atoms with Gasteiger partial charge in [-0.05, 0) is 42.4 Å². The van der Waals surface area contributed by atoms with Gasteiger partial charge >= 0.3 is 0 Å². The third kappa shape index (κ3) is 3.48. The highest BCUT2D eigenvalue weighted by Crippen LogP contribution is 2.44. The first-order valence-corrected chi connectivity index (χ1v) is 11.6. The second kappa shape index (κ2) is 7.94. The van der Waals surface area contributed by atoms with Gasteiger partial charge in [-0.15, -0.1) is 0 Å². The molecule has 3 aromatic rings. The number of aromatic nitrogens is 1. The lowest BCUT2D eigenvalue weighted by molar-refractivity contribution is 0.103. The largest absolute Gasteiger partial charge is 0.492 e. The molecule has 32 heavy (non-hydrogen) atoms. The highest BCUT2D eigenvalue weighted by molar-refractivity contribution is 6.20. The molecule has 0 unspecified atom stereocenters. The van der Waals surface area contributed by atoms with Gasteiger partial charge in [0.15, 0.2) is 5.78 Å². The van der Waals surface area contributed by atoms with Crippen LogP contribution >= 0.6 is 0 Å². The number of nitrogens with one attached hydrogen (secondary N) is 1. The summed E-state index contributed by atoms with van der Waals surface area (Å²) in [5.41, 5.74) is 10.7. The van der Waals surface area contributed by atoms with Crippen molar-refractivity contribution in [2.75, 3.05) is 51.6 Å². The van der Waals surface area contributed by atoms with Gasteiger partial charge in [-0.3, -0.25) is 9.69 Å². The molecule has 168 valence electrons. The van der Waals surface area contributed by atoms with E-state index < -0.39 is 0 Å². The molecule has 6 heteroatoms. The van der Waals surface area contributed by atoms with Crippen molar-refractivity contribution < 1.29 is 9.53 Å². The predicted molar refractivity (Wildman–Crippen MR) is 129 cm³/mol. The minimum atomic E-state index is -0.345. The Morgan fingerprint density at radius 2 is 1.81 bits per heavy atom. The van der Waals surface area contributed by atoms with Crippen molar-refractivity contribution in [2.24, 2.45) is 0 Å². The summed E-state index contributed by atoms with van der Waals surface area (Å²) < 4.78 is 6.13. The molecule has 2 heterocycles. The second-order valence-electron chi connectivity index (χ2n) is 9.47. The number of fused-ring (bicyclic) bond motifs is 4. The number of rotatable bonds is 5. The Hall–Kier alpha value is -2.83. The van der Waals surface area contributed by atoms with Crippen molar-refractivity contribution in [1.82, 2.24) is 14.8 Å². The number of piperazine rings is 1. The average Bonchev–Trinajstić information content (AvgIpc) is 3.18. The Bertz CT molecular complexity index is 1170. The van der Waals surface area contributed by atoms with Gasteiger partial charge in [-0.1, -0.05) is 26.8 Å². The highest BCUT2D eigenvalue weighted by Gasteiger charge is 2.39. The molecule has 3 N–H and O–H groups in total. The van der Waals surface area contributed by atoms with Crippen LogP contribution in [0.15, 0.2) is 36.4 Å². The Kier molecular flexibility index (Phi) is 5.22. The van der Waals surface area contributed by atoms with E-state index in [1.807, 2.05) is 36.4 Å². The lowest BCUT2D eigenvalue weighted by Crippen LogP contribution is -2.47. The number of nitrogen functional groups attached to an aromatic ring is 1. The monoisotopic (exact) mass is 432 g/mol. The molecule has 1 aromatic heterocycles. The van der Waals surface area contributed by atoms with Gasteiger partial charge in [-0.25, -0.2) is 0 Å². The topological polar surface area (TPSA) is 74.6 Å². The minimum absolute atomic E-state index is 0.0608. The van der Waals surface area contributed by atoms with Crippen LogP contribution in [-0.4, -0.2) is 66.4 Å². The van der Waals surface area contributed by atoms with Gasteiger partial charge in [0.05, 0.1) is 5.56 Å². The first-order chi connectivity index (χ1) is 15.4. The number of aromatic amines is 1. The Labute approximate surface area is 189 Å². The van der Waals surface area contributed by atoms with Crippen LogP contribution in [0.3, 0.4) is 0 Å². The van der Waals surface area contributed by atoms with Crippen molar-refractivity contribution in [3.63, 3.8) is 0 Å². The fraction of sp³-hybridized carbons (Fsp3) is 0.423. The zero-order valence-electron chi connectivity index (χ0n) is 19.2. The van der Waals surface area contributed by atoms with E-state index in [2.05, 4.69) is 35.6 Å². The molecule has 0 spiro atoms. The average molecular weight is 433 g/mol. The van der Waals surface area contributed by atoms with E-state index in [0.717, 1.165) is 78.3 Å². The number of ketones is 1. The fourth-order valence-corrected chi connectivity index (χ4v) is 5.14. The number of carbonyl (C=O) groups is 1. The van der Waals surface area contributed by atoms with Crippen LogP contribution in [-0.2, 0) is 5.41 Å². The third-order valence-corrected chi connectivity index (χ3v) is 7.17. The molecule has 0 amide bonds. The van der Waals surface area contributed by atoms with E-state index >= 15 is 0 Å². The fourth-order valence-electron chi connectivity index (χ4n) is 5.14. The number of ether oxygens (including phenoxy) is 1. The molecular formula is C26H32N4O2. The molecule has 5 rings (SSSR count). The van der Waals surface area contributed by atoms with Crippen molar-refractivity contribution in [1.29, 1.82) is 0 Å². The van der Waals surface area contributed by atoms with Crippen LogP contribution < -0.4 is 10.5 Å².